The van der Waals surface area contributed by atoms with Crippen molar-refractivity contribution < 1.29 is 28.7 Å². The number of carbonyl (C=O) groups is 4. The topological polar surface area (TPSA) is 90.0 Å². The van der Waals surface area contributed by atoms with E-state index in [9.17, 15) is 19.2 Å². The smallest absolute Gasteiger partial charge is 0.343 e. The molecule has 1 fully saturated rings. The number of carbonyl (C=O) groups excluding carboxylic acids is 4. The third-order valence-corrected chi connectivity index (χ3v) is 5.55. The predicted molar refractivity (Wildman–Crippen MR) is 125 cm³/mol. The number of amides is 1. The second kappa shape index (κ2) is 10.1. The van der Waals surface area contributed by atoms with Gasteiger partial charge in [-0.05, 0) is 55.5 Å². The maximum absolute atomic E-state index is 12.4. The van der Waals surface area contributed by atoms with Gasteiger partial charge in [0.15, 0.2) is 12.4 Å². The molecule has 7 nitrogen and oxygen atoms in total. The first-order valence-electron chi connectivity index (χ1n) is 10.8. The molecular weight excluding hydrogens is 434 g/mol. The highest BCUT2D eigenvalue weighted by atomic mass is 16.5. The van der Waals surface area contributed by atoms with Gasteiger partial charge in [-0.3, -0.25) is 14.4 Å². The van der Waals surface area contributed by atoms with Crippen LogP contribution in [0.2, 0.25) is 0 Å². The quantitative estimate of drug-likeness (QED) is 0.303. The Morgan fingerprint density at radius 2 is 1.53 bits per heavy atom. The minimum absolute atomic E-state index is 0.0446. The molecule has 1 heterocycles. The molecule has 0 N–H and O–H groups in total. The first kappa shape index (κ1) is 22.9. The van der Waals surface area contributed by atoms with Crippen LogP contribution in [0.15, 0.2) is 78.9 Å². The number of anilines is 1. The Balaban J connectivity index is 1.28. The van der Waals surface area contributed by atoms with E-state index in [0.717, 1.165) is 11.3 Å². The Hall–Kier alpha value is -4.26. The zero-order valence-corrected chi connectivity index (χ0v) is 18.6. The summed E-state index contributed by atoms with van der Waals surface area (Å²) in [5.74, 6) is -1.95. The lowest BCUT2D eigenvalue weighted by Crippen LogP contribution is -2.27. The van der Waals surface area contributed by atoms with Gasteiger partial charge in [0.05, 0.1) is 11.5 Å². The minimum Gasteiger partial charge on any atom is -0.457 e. The van der Waals surface area contributed by atoms with Gasteiger partial charge in [-0.1, -0.05) is 35.9 Å². The molecule has 172 valence electrons. The summed E-state index contributed by atoms with van der Waals surface area (Å²) < 4.78 is 10.5. The zero-order valence-electron chi connectivity index (χ0n) is 18.6. The van der Waals surface area contributed by atoms with Crippen LogP contribution in [0.4, 0.5) is 5.69 Å². The van der Waals surface area contributed by atoms with E-state index in [1.807, 2.05) is 37.3 Å². The van der Waals surface area contributed by atoms with Crippen molar-refractivity contribution >= 4 is 29.3 Å². The lowest BCUT2D eigenvalue weighted by Gasteiger charge is -2.16. The first-order chi connectivity index (χ1) is 16.4. The molecular formula is C27H23NO6. The van der Waals surface area contributed by atoms with Crippen molar-refractivity contribution in [3.63, 3.8) is 0 Å². The Kier molecular flexibility index (Phi) is 6.82. The van der Waals surface area contributed by atoms with Gasteiger partial charge in [0, 0.05) is 24.2 Å². The molecule has 4 rings (SSSR count). The minimum atomic E-state index is -0.621. The van der Waals surface area contributed by atoms with Crippen LogP contribution in [0.1, 0.15) is 32.7 Å². The highest BCUT2D eigenvalue weighted by Crippen LogP contribution is 2.25. The van der Waals surface area contributed by atoms with E-state index in [2.05, 4.69) is 0 Å². The zero-order chi connectivity index (χ0) is 24.1. The second-order valence-corrected chi connectivity index (χ2v) is 8.05. The van der Waals surface area contributed by atoms with Crippen molar-refractivity contribution in [3.05, 3.63) is 95.6 Å². The van der Waals surface area contributed by atoms with E-state index in [1.165, 1.54) is 24.3 Å². The summed E-state index contributed by atoms with van der Waals surface area (Å²) in [6, 6.07) is 22.1. The third-order valence-electron chi connectivity index (χ3n) is 5.55. The van der Waals surface area contributed by atoms with Gasteiger partial charge < -0.3 is 14.4 Å². The van der Waals surface area contributed by atoms with E-state index in [1.54, 1.807) is 29.2 Å². The summed E-state index contributed by atoms with van der Waals surface area (Å²) in [6.45, 7) is 1.71. The Bertz CT molecular complexity index is 1200. The average Bonchev–Trinajstić information content (AvgIpc) is 3.25. The molecule has 0 aliphatic carbocycles. The number of hydrogen-bond acceptors (Lipinski definition) is 6. The normalized spacial score (nSPS) is 15.1. The molecule has 1 aliphatic rings. The van der Waals surface area contributed by atoms with Gasteiger partial charge in [-0.15, -0.1) is 0 Å². The molecule has 1 atom stereocenters. The van der Waals surface area contributed by atoms with E-state index in [4.69, 9.17) is 9.47 Å². The summed E-state index contributed by atoms with van der Waals surface area (Å²) in [6.07, 6.45) is 0.0446. The molecule has 7 heteroatoms. The Labute approximate surface area is 196 Å². The maximum atomic E-state index is 12.4. The lowest BCUT2D eigenvalue weighted by molar-refractivity contribution is -0.147. The number of nitrogens with zero attached hydrogens (tertiary/aromatic N) is 1. The molecule has 0 radical (unpaired) electrons. The molecule has 0 saturated carbocycles. The number of Topliss-reactive ketones (excluding diaryl/α,β-unsaturated/α-hetero) is 1. The van der Waals surface area contributed by atoms with Crippen LogP contribution in [0.5, 0.6) is 5.75 Å². The SMILES string of the molecule is Cc1ccc(C(=O)Oc2ccc(C(=O)COC(=O)[C@H]3CC(=O)N(c4ccccc4)C3)cc2)cc1. The molecule has 3 aromatic rings. The highest BCUT2D eigenvalue weighted by molar-refractivity contribution is 6.01. The number of rotatable bonds is 7. The molecule has 0 spiro atoms. The van der Waals surface area contributed by atoms with Crippen molar-refractivity contribution in [2.75, 3.05) is 18.1 Å². The maximum Gasteiger partial charge on any atom is 0.343 e. The monoisotopic (exact) mass is 457 g/mol. The summed E-state index contributed by atoms with van der Waals surface area (Å²) in [4.78, 5) is 50.9. The standard InChI is InChI=1S/C27H23NO6/c1-18-7-9-20(10-8-18)27(32)34-23-13-11-19(12-14-23)24(29)17-33-26(31)21-15-25(30)28(16-21)22-5-3-2-4-6-22/h2-14,21H,15-17H2,1H3/t21-/m0/s1. The lowest BCUT2D eigenvalue weighted by atomic mass is 10.1. The van der Waals surface area contributed by atoms with Crippen LogP contribution >= 0.6 is 0 Å². The van der Waals surface area contributed by atoms with Gasteiger partial charge in [0.25, 0.3) is 0 Å². The number of hydrogen-bond donors (Lipinski definition) is 0. The fourth-order valence-corrected chi connectivity index (χ4v) is 3.63. The van der Waals surface area contributed by atoms with E-state index in [-0.39, 0.29) is 18.9 Å². The molecule has 3 aromatic carbocycles. The van der Waals surface area contributed by atoms with Crippen LogP contribution in [0.25, 0.3) is 0 Å². The number of ketones is 1. The molecule has 34 heavy (non-hydrogen) atoms. The van der Waals surface area contributed by atoms with Crippen LogP contribution < -0.4 is 9.64 Å². The van der Waals surface area contributed by atoms with Crippen LogP contribution in [0, 0.1) is 12.8 Å². The fourth-order valence-electron chi connectivity index (χ4n) is 3.63. The van der Waals surface area contributed by atoms with E-state index >= 15 is 0 Å². The van der Waals surface area contributed by atoms with Gasteiger partial charge in [0.2, 0.25) is 5.91 Å². The number of ether oxygens (including phenoxy) is 2. The largest absolute Gasteiger partial charge is 0.457 e. The van der Waals surface area contributed by atoms with Crippen molar-refractivity contribution in [1.29, 1.82) is 0 Å². The molecule has 0 bridgehead atoms. The number of aryl methyl sites for hydroxylation is 1. The van der Waals surface area contributed by atoms with Gasteiger partial charge in [-0.2, -0.15) is 0 Å². The summed E-state index contributed by atoms with van der Waals surface area (Å²) in [7, 11) is 0. The highest BCUT2D eigenvalue weighted by Gasteiger charge is 2.36. The Morgan fingerprint density at radius 1 is 0.882 bits per heavy atom. The average molecular weight is 457 g/mol. The Morgan fingerprint density at radius 3 is 2.21 bits per heavy atom. The van der Waals surface area contributed by atoms with E-state index in [0.29, 0.717) is 16.9 Å². The molecule has 1 amide bonds. The van der Waals surface area contributed by atoms with Crippen molar-refractivity contribution in [3.8, 4) is 5.75 Å². The summed E-state index contributed by atoms with van der Waals surface area (Å²) >= 11 is 0. The second-order valence-electron chi connectivity index (χ2n) is 8.05. The van der Waals surface area contributed by atoms with Crippen LogP contribution in [-0.2, 0) is 14.3 Å². The molecule has 1 saturated heterocycles. The van der Waals surface area contributed by atoms with Crippen LogP contribution in [0.3, 0.4) is 0 Å². The fraction of sp³-hybridized carbons (Fsp3) is 0.185. The number of esters is 2. The summed E-state index contributed by atoms with van der Waals surface area (Å²) in [5.41, 5.74) is 2.50. The van der Waals surface area contributed by atoms with Crippen molar-refractivity contribution in [2.24, 2.45) is 5.92 Å². The summed E-state index contributed by atoms with van der Waals surface area (Å²) in [5, 5.41) is 0. The molecule has 0 aromatic heterocycles. The van der Waals surface area contributed by atoms with E-state index < -0.39 is 30.2 Å². The molecule has 1 aliphatic heterocycles. The molecule has 0 unspecified atom stereocenters. The van der Waals surface area contributed by atoms with Crippen molar-refractivity contribution in [2.45, 2.75) is 13.3 Å². The van der Waals surface area contributed by atoms with Crippen LogP contribution in [-0.4, -0.2) is 36.8 Å². The predicted octanol–water partition coefficient (Wildman–Crippen LogP) is 3.99. The van der Waals surface area contributed by atoms with Gasteiger partial charge in [0.1, 0.15) is 5.75 Å². The third kappa shape index (κ3) is 5.38. The van der Waals surface area contributed by atoms with Gasteiger partial charge >= 0.3 is 11.9 Å². The van der Waals surface area contributed by atoms with Gasteiger partial charge in [-0.25, -0.2) is 4.79 Å². The number of para-hydroxylation sites is 1. The first-order valence-corrected chi connectivity index (χ1v) is 10.8. The number of benzene rings is 3. The van der Waals surface area contributed by atoms with Crippen molar-refractivity contribution in [1.82, 2.24) is 0 Å².